The molecule has 1 aromatic heterocycles. The lowest BCUT2D eigenvalue weighted by Gasteiger charge is -2.21. The number of fused-ring (bicyclic) bond motifs is 2. The SMILES string of the molecule is CC(C)(C)OC(=O)OC1=c2cc3c(nc2C(Cl)=C(O)C1)=CC=C([N+](=O)[O-])C3. The van der Waals surface area contributed by atoms with Crippen molar-refractivity contribution in [1.82, 2.24) is 4.98 Å². The van der Waals surface area contributed by atoms with E-state index in [0.717, 1.165) is 0 Å². The van der Waals surface area contributed by atoms with Crippen LogP contribution in [0.2, 0.25) is 0 Å². The third kappa shape index (κ3) is 3.95. The van der Waals surface area contributed by atoms with E-state index in [4.69, 9.17) is 21.1 Å². The molecule has 0 fully saturated rings. The number of pyridine rings is 1. The second-order valence-corrected chi connectivity index (χ2v) is 7.49. The zero-order chi connectivity index (χ0) is 19.9. The molecule has 27 heavy (non-hydrogen) atoms. The lowest BCUT2D eigenvalue weighted by molar-refractivity contribution is -0.427. The van der Waals surface area contributed by atoms with E-state index in [1.807, 2.05) is 0 Å². The van der Waals surface area contributed by atoms with Gasteiger partial charge in [0.2, 0.25) is 0 Å². The normalized spacial score (nSPS) is 16.0. The van der Waals surface area contributed by atoms with Crippen LogP contribution in [0.25, 0.3) is 16.9 Å². The minimum absolute atomic E-state index is 0.0270. The fourth-order valence-electron chi connectivity index (χ4n) is 2.71. The summed E-state index contributed by atoms with van der Waals surface area (Å²) in [5.41, 5.74) is 0.115. The molecular formula is C18H17ClN2O6. The van der Waals surface area contributed by atoms with E-state index < -0.39 is 16.7 Å². The maximum Gasteiger partial charge on any atom is 0.514 e. The molecule has 1 aromatic rings. The first-order chi connectivity index (χ1) is 12.5. The third-order valence-electron chi connectivity index (χ3n) is 3.86. The summed E-state index contributed by atoms with van der Waals surface area (Å²) in [5.74, 6) is -0.0684. The Morgan fingerprint density at radius 1 is 1.33 bits per heavy atom. The number of ether oxygens (including phenoxy) is 2. The number of allylic oxidation sites excluding steroid dienone is 2. The number of aliphatic hydroxyl groups excluding tert-OH is 1. The topological polar surface area (TPSA) is 112 Å². The summed E-state index contributed by atoms with van der Waals surface area (Å²) in [6.45, 7) is 5.09. The molecule has 9 heteroatoms. The summed E-state index contributed by atoms with van der Waals surface area (Å²) in [6, 6.07) is 1.64. The average Bonchev–Trinajstić information content (AvgIpc) is 2.56. The van der Waals surface area contributed by atoms with E-state index >= 15 is 0 Å². The molecule has 0 bridgehead atoms. The maximum atomic E-state index is 12.0. The van der Waals surface area contributed by atoms with Crippen molar-refractivity contribution in [2.24, 2.45) is 0 Å². The van der Waals surface area contributed by atoms with E-state index in [1.54, 1.807) is 26.8 Å². The van der Waals surface area contributed by atoms with E-state index in [0.29, 0.717) is 16.1 Å². The highest BCUT2D eigenvalue weighted by Gasteiger charge is 2.26. The molecule has 0 unspecified atom stereocenters. The van der Waals surface area contributed by atoms with Gasteiger partial charge < -0.3 is 14.6 Å². The summed E-state index contributed by atoms with van der Waals surface area (Å²) in [7, 11) is 0. The van der Waals surface area contributed by atoms with Crippen LogP contribution >= 0.6 is 11.6 Å². The van der Waals surface area contributed by atoms with E-state index in [1.165, 1.54) is 12.2 Å². The summed E-state index contributed by atoms with van der Waals surface area (Å²) in [5, 5.41) is 22.1. The molecule has 0 spiro atoms. The van der Waals surface area contributed by atoms with Crippen LogP contribution in [-0.2, 0) is 15.9 Å². The zero-order valence-corrected chi connectivity index (χ0v) is 15.7. The molecule has 0 aliphatic heterocycles. The van der Waals surface area contributed by atoms with Crippen LogP contribution in [0, 0.1) is 10.1 Å². The monoisotopic (exact) mass is 392 g/mol. The molecule has 3 rings (SSSR count). The van der Waals surface area contributed by atoms with Crippen LogP contribution in [0.15, 0.2) is 23.6 Å². The molecular weight excluding hydrogens is 376 g/mol. The molecule has 0 saturated carbocycles. The lowest BCUT2D eigenvalue weighted by Crippen LogP contribution is -2.31. The minimum Gasteiger partial charge on any atom is -0.510 e. The van der Waals surface area contributed by atoms with Crippen molar-refractivity contribution in [3.8, 4) is 0 Å². The second kappa shape index (κ2) is 6.70. The van der Waals surface area contributed by atoms with Crippen molar-refractivity contribution < 1.29 is 24.3 Å². The van der Waals surface area contributed by atoms with Crippen molar-refractivity contribution in [3.05, 3.63) is 55.5 Å². The Labute approximate surface area is 159 Å². The summed E-state index contributed by atoms with van der Waals surface area (Å²) >= 11 is 6.17. The van der Waals surface area contributed by atoms with Crippen LogP contribution < -0.4 is 10.6 Å². The molecule has 0 radical (unpaired) electrons. The molecule has 142 valence electrons. The van der Waals surface area contributed by atoms with Gasteiger partial charge in [-0.1, -0.05) is 11.6 Å². The number of carbonyl (C=O) groups is 1. The number of hydrogen-bond donors (Lipinski definition) is 1. The minimum atomic E-state index is -0.926. The third-order valence-corrected chi connectivity index (χ3v) is 4.26. The Balaban J connectivity index is 2.10. The predicted octanol–water partition coefficient (Wildman–Crippen LogP) is 2.51. The first-order valence-electron chi connectivity index (χ1n) is 8.12. The van der Waals surface area contributed by atoms with Gasteiger partial charge >= 0.3 is 6.16 Å². The Hall–Kier alpha value is -2.87. The molecule has 1 N–H and O–H groups in total. The molecule has 2 aliphatic carbocycles. The molecule has 0 aromatic carbocycles. The highest BCUT2D eigenvalue weighted by atomic mass is 35.5. The van der Waals surface area contributed by atoms with Gasteiger partial charge in [-0.25, -0.2) is 9.78 Å². The van der Waals surface area contributed by atoms with Crippen LogP contribution in [-0.4, -0.2) is 26.8 Å². The Kier molecular flexibility index (Phi) is 4.69. The van der Waals surface area contributed by atoms with Gasteiger partial charge in [-0.2, -0.15) is 0 Å². The summed E-state index contributed by atoms with van der Waals surface area (Å²) < 4.78 is 10.4. The number of aliphatic hydroxyl groups is 1. The van der Waals surface area contributed by atoms with Crippen molar-refractivity contribution in [2.45, 2.75) is 39.2 Å². The van der Waals surface area contributed by atoms with Crippen LogP contribution in [0.3, 0.4) is 0 Å². The van der Waals surface area contributed by atoms with Gasteiger partial charge in [-0.3, -0.25) is 10.1 Å². The Morgan fingerprint density at radius 2 is 2.04 bits per heavy atom. The van der Waals surface area contributed by atoms with Crippen LogP contribution in [0.1, 0.15) is 38.4 Å². The van der Waals surface area contributed by atoms with Gasteiger partial charge in [0.05, 0.1) is 28.8 Å². The maximum absolute atomic E-state index is 12.0. The van der Waals surface area contributed by atoms with Gasteiger partial charge in [0.1, 0.15) is 22.2 Å². The number of nitro groups is 1. The van der Waals surface area contributed by atoms with E-state index in [-0.39, 0.29) is 40.8 Å². The van der Waals surface area contributed by atoms with Crippen molar-refractivity contribution in [1.29, 1.82) is 0 Å². The number of nitrogens with zero attached hydrogens (tertiary/aromatic N) is 2. The smallest absolute Gasteiger partial charge is 0.510 e. The Morgan fingerprint density at radius 3 is 2.67 bits per heavy atom. The highest BCUT2D eigenvalue weighted by Crippen LogP contribution is 2.28. The van der Waals surface area contributed by atoms with Crippen LogP contribution in [0.5, 0.6) is 0 Å². The largest absolute Gasteiger partial charge is 0.514 e. The number of hydrogen-bond acceptors (Lipinski definition) is 7. The molecule has 8 nitrogen and oxygen atoms in total. The van der Waals surface area contributed by atoms with Gasteiger partial charge in [0.15, 0.2) is 0 Å². The number of halogens is 1. The van der Waals surface area contributed by atoms with Crippen molar-refractivity contribution in [2.75, 3.05) is 0 Å². The van der Waals surface area contributed by atoms with Gasteiger partial charge in [-0.15, -0.1) is 0 Å². The highest BCUT2D eigenvalue weighted by molar-refractivity contribution is 6.49. The van der Waals surface area contributed by atoms with E-state index in [2.05, 4.69) is 4.98 Å². The quantitative estimate of drug-likeness (QED) is 0.467. The predicted molar refractivity (Wildman–Crippen MR) is 97.5 cm³/mol. The fourth-order valence-corrected chi connectivity index (χ4v) is 2.92. The number of rotatable bonds is 2. The molecule has 1 heterocycles. The Bertz CT molecular complexity index is 1030. The van der Waals surface area contributed by atoms with Gasteiger partial charge in [0.25, 0.3) is 5.70 Å². The first-order valence-corrected chi connectivity index (χ1v) is 8.50. The van der Waals surface area contributed by atoms with Crippen molar-refractivity contribution in [3.63, 3.8) is 0 Å². The zero-order valence-electron chi connectivity index (χ0n) is 14.9. The molecule has 2 aliphatic rings. The fraction of sp³-hybridized carbons (Fsp3) is 0.333. The average molecular weight is 393 g/mol. The van der Waals surface area contributed by atoms with Gasteiger partial charge in [0, 0.05) is 11.3 Å². The lowest BCUT2D eigenvalue weighted by atomic mass is 10.0. The first kappa shape index (κ1) is 18.9. The van der Waals surface area contributed by atoms with Crippen LogP contribution in [0.4, 0.5) is 4.79 Å². The summed E-state index contributed by atoms with van der Waals surface area (Å²) in [4.78, 5) is 27.0. The van der Waals surface area contributed by atoms with Gasteiger partial charge in [-0.05, 0) is 38.5 Å². The standard InChI is InChI=1S/C18H17ClN2O6/c1-18(2,3)27-17(23)26-14-8-13(22)15(19)16-11(14)7-9-6-10(21(24)25)4-5-12(9)20-16/h4-5,7,22H,6,8H2,1-3H3. The van der Waals surface area contributed by atoms with Crippen molar-refractivity contribution >= 4 is 34.6 Å². The molecule has 0 atom stereocenters. The number of aromatic nitrogens is 1. The molecule has 0 amide bonds. The summed E-state index contributed by atoms with van der Waals surface area (Å²) in [6.07, 6.45) is 1.93. The second-order valence-electron chi connectivity index (χ2n) is 7.11. The number of carbonyl (C=O) groups excluding carboxylic acids is 1. The molecule has 0 saturated heterocycles. The van der Waals surface area contributed by atoms with E-state index in [9.17, 15) is 20.0 Å².